The van der Waals surface area contributed by atoms with Crippen molar-refractivity contribution in [3.05, 3.63) is 41.0 Å². The highest BCUT2D eigenvalue weighted by Gasteiger charge is 2.08. The fourth-order valence-corrected chi connectivity index (χ4v) is 0.954. The van der Waals surface area contributed by atoms with E-state index >= 15 is 0 Å². The van der Waals surface area contributed by atoms with Gasteiger partial charge in [-0.15, -0.1) is 0 Å². The van der Waals surface area contributed by atoms with Crippen molar-refractivity contribution in [3.8, 4) is 0 Å². The van der Waals surface area contributed by atoms with E-state index in [4.69, 9.17) is 6.48 Å². The number of rotatable bonds is 3. The number of hydrogen-bond donors (Lipinski definition) is 1. The summed E-state index contributed by atoms with van der Waals surface area (Å²) >= 11 is 0. The van der Waals surface area contributed by atoms with Crippen LogP contribution in [0.1, 0.15) is 17.3 Å². The summed E-state index contributed by atoms with van der Waals surface area (Å²) in [6, 6.07) is 1.56. The third-order valence-corrected chi connectivity index (χ3v) is 1.58. The molecule has 0 fully saturated rings. The molecule has 0 aliphatic carbocycles. The summed E-state index contributed by atoms with van der Waals surface area (Å²) < 4.78 is 32.9. The second kappa shape index (κ2) is 4.45. The van der Waals surface area contributed by atoms with Crippen molar-refractivity contribution in [2.24, 2.45) is 0 Å². The maximum atomic E-state index is 13.1. The van der Waals surface area contributed by atoms with Crippen LogP contribution in [0.15, 0.2) is 18.2 Å². The highest BCUT2D eigenvalue weighted by Crippen LogP contribution is 2.14. The van der Waals surface area contributed by atoms with Crippen LogP contribution < -0.4 is 0 Å². The zero-order chi connectivity index (χ0) is 12.3. The van der Waals surface area contributed by atoms with Crippen LogP contribution in [0.25, 0.3) is 6.08 Å². The zero-order valence-corrected chi connectivity index (χ0v) is 7.33. The third-order valence-electron chi connectivity index (χ3n) is 1.58. The molecule has 1 aromatic rings. The summed E-state index contributed by atoms with van der Waals surface area (Å²) in [5.74, 6) is -3.64. The number of carboxylic acid groups (broad SMARTS) is 1. The van der Waals surface area contributed by atoms with Crippen LogP contribution >= 0.6 is 0 Å². The monoisotopic (exact) mass is 213 g/mol. The largest absolute Gasteiger partial charge is 0.478 e. The minimum absolute atomic E-state index is 0.0394. The summed E-state index contributed by atoms with van der Waals surface area (Å²) in [6.45, 7) is 0. The van der Waals surface area contributed by atoms with Crippen LogP contribution in [0.5, 0.6) is 0 Å². The van der Waals surface area contributed by atoms with Gasteiger partial charge in [0.25, 0.3) is 0 Å². The van der Waals surface area contributed by atoms with E-state index < -0.39 is 29.4 Å². The molecule has 0 saturated heterocycles. The number of carboxylic acids is 1. The molecular formula is C10H6F2O3. The van der Waals surface area contributed by atoms with Gasteiger partial charge in [0.15, 0.2) is 6.26 Å². The van der Waals surface area contributed by atoms with Crippen LogP contribution in [0.4, 0.5) is 8.78 Å². The van der Waals surface area contributed by atoms with E-state index in [-0.39, 0.29) is 5.56 Å². The molecule has 0 heterocycles. The Balaban J connectivity index is 3.20. The predicted octanol–water partition coefficient (Wildman–Crippen LogP) is 1.88. The second-order valence-corrected chi connectivity index (χ2v) is 2.63. The molecule has 0 aromatic heterocycles. The molecule has 0 saturated carbocycles. The number of carbonyl (C=O) groups excluding carboxylic acids is 1. The van der Waals surface area contributed by atoms with Crippen molar-refractivity contribution in [1.29, 1.82) is 0 Å². The van der Waals surface area contributed by atoms with Crippen LogP contribution in [-0.4, -0.2) is 17.3 Å². The van der Waals surface area contributed by atoms with Crippen molar-refractivity contribution in [1.82, 2.24) is 0 Å². The number of hydrogen-bond acceptors (Lipinski definition) is 2. The molecule has 0 amide bonds. The van der Waals surface area contributed by atoms with Gasteiger partial charge in [-0.3, -0.25) is 4.79 Å². The molecular weight excluding hydrogens is 206 g/mol. The van der Waals surface area contributed by atoms with E-state index in [0.717, 1.165) is 18.2 Å². The smallest absolute Gasteiger partial charge is 0.328 e. The van der Waals surface area contributed by atoms with Gasteiger partial charge in [0.05, 0.1) is 5.56 Å². The minimum Gasteiger partial charge on any atom is -0.478 e. The molecule has 1 aromatic carbocycles. The molecule has 15 heavy (non-hydrogen) atoms. The summed E-state index contributed by atoms with van der Waals surface area (Å²) in [5, 5.41) is 8.30. The van der Waals surface area contributed by atoms with Gasteiger partial charge in [0.2, 0.25) is 0 Å². The summed E-state index contributed by atoms with van der Waals surface area (Å²) in [5.41, 5.74) is -0.991. The topological polar surface area (TPSA) is 54.4 Å². The Hall–Kier alpha value is -2.04. The molecule has 0 radical (unpaired) electrons. The van der Waals surface area contributed by atoms with Gasteiger partial charge in [-0.05, 0) is 23.8 Å². The van der Waals surface area contributed by atoms with E-state index in [9.17, 15) is 18.4 Å². The second-order valence-electron chi connectivity index (χ2n) is 2.63. The van der Waals surface area contributed by atoms with E-state index in [1.165, 1.54) is 0 Å². The summed E-state index contributed by atoms with van der Waals surface area (Å²) in [7, 11) is 0. The average Bonchev–Trinajstić information content (AvgIpc) is 2.12. The van der Waals surface area contributed by atoms with Gasteiger partial charge in [0, 0.05) is 6.08 Å². The van der Waals surface area contributed by atoms with E-state index in [1.807, 2.05) is 0 Å². The molecule has 1 rings (SSSR count). The zero-order valence-electron chi connectivity index (χ0n) is 8.33. The summed E-state index contributed by atoms with van der Waals surface area (Å²) in [4.78, 5) is 20.7. The lowest BCUT2D eigenvalue weighted by atomic mass is 10.1. The lowest BCUT2D eigenvalue weighted by Gasteiger charge is -1.99. The molecule has 78 valence electrons. The molecule has 0 unspecified atom stereocenters. The Bertz CT molecular complexity index is 460. The van der Waals surface area contributed by atoms with Crippen LogP contribution in [-0.2, 0) is 4.79 Å². The van der Waals surface area contributed by atoms with Crippen LogP contribution in [0, 0.1) is 11.6 Å². The Morgan fingerprint density at radius 2 is 1.93 bits per heavy atom. The van der Waals surface area contributed by atoms with Crippen molar-refractivity contribution in [2.75, 3.05) is 0 Å². The van der Waals surface area contributed by atoms with Crippen molar-refractivity contribution >= 4 is 18.3 Å². The first-order valence-corrected chi connectivity index (χ1v) is 3.83. The molecule has 0 aliphatic rings. The standard InChI is InChI=1S/C10H6F2O3/c11-8-3-6(1-2-10(14)15)4-9(12)7(8)5-13/h1-5H,(H,14,15)/i5D. The molecule has 5 heteroatoms. The number of carbonyl (C=O) groups is 2. The third kappa shape index (κ3) is 2.70. The number of aliphatic carboxylic acids is 1. The van der Waals surface area contributed by atoms with Crippen LogP contribution in [0.3, 0.4) is 0 Å². The molecule has 1 N–H and O–H groups in total. The molecule has 0 bridgehead atoms. The molecule has 3 nitrogen and oxygen atoms in total. The highest BCUT2D eigenvalue weighted by atomic mass is 19.1. The minimum atomic E-state index is -1.47. The molecule has 0 spiro atoms. The Kier molecular flexibility index (Phi) is 2.82. The van der Waals surface area contributed by atoms with E-state index in [2.05, 4.69) is 0 Å². The first-order chi connectivity index (χ1) is 7.41. The van der Waals surface area contributed by atoms with Gasteiger partial charge >= 0.3 is 5.97 Å². The molecule has 0 aliphatic heterocycles. The lowest BCUT2D eigenvalue weighted by Crippen LogP contribution is -1.95. The van der Waals surface area contributed by atoms with Gasteiger partial charge in [-0.1, -0.05) is 0 Å². The fourth-order valence-electron chi connectivity index (χ4n) is 0.954. The average molecular weight is 213 g/mol. The maximum absolute atomic E-state index is 13.1. The SMILES string of the molecule is [2H]C(=O)c1c(F)cc(C=CC(=O)O)cc1F. The van der Waals surface area contributed by atoms with Crippen LogP contribution in [0.2, 0.25) is 0 Å². The number of halogens is 2. The summed E-state index contributed by atoms with van der Waals surface area (Å²) in [6.07, 6.45) is 0.215. The van der Waals surface area contributed by atoms with Crippen molar-refractivity contribution < 1.29 is 24.8 Å². The number of benzene rings is 1. The van der Waals surface area contributed by atoms with E-state index in [0.29, 0.717) is 6.08 Å². The first kappa shape index (κ1) is 9.51. The highest BCUT2D eigenvalue weighted by molar-refractivity contribution is 5.85. The van der Waals surface area contributed by atoms with Gasteiger partial charge in [0.1, 0.15) is 13.0 Å². The Labute approximate surface area is 85.1 Å². The van der Waals surface area contributed by atoms with Gasteiger partial charge in [-0.25, -0.2) is 13.6 Å². The quantitative estimate of drug-likeness (QED) is 0.616. The van der Waals surface area contributed by atoms with Gasteiger partial charge in [-0.2, -0.15) is 0 Å². The fraction of sp³-hybridized carbons (Fsp3) is 0. The van der Waals surface area contributed by atoms with E-state index in [1.54, 1.807) is 0 Å². The van der Waals surface area contributed by atoms with Gasteiger partial charge < -0.3 is 5.11 Å². The van der Waals surface area contributed by atoms with Crippen molar-refractivity contribution in [2.45, 2.75) is 0 Å². The maximum Gasteiger partial charge on any atom is 0.328 e. The number of aldehydes is 1. The Morgan fingerprint density at radius 1 is 1.40 bits per heavy atom. The molecule has 0 atom stereocenters. The predicted molar refractivity (Wildman–Crippen MR) is 48.4 cm³/mol. The lowest BCUT2D eigenvalue weighted by molar-refractivity contribution is -0.131. The first-order valence-electron chi connectivity index (χ1n) is 4.33. The Morgan fingerprint density at radius 3 is 2.33 bits per heavy atom. The normalized spacial score (nSPS) is 11.5. The van der Waals surface area contributed by atoms with Crippen molar-refractivity contribution in [3.63, 3.8) is 0 Å².